The van der Waals surface area contributed by atoms with Crippen LogP contribution in [0.5, 0.6) is 5.75 Å². The van der Waals surface area contributed by atoms with E-state index in [1.54, 1.807) is 13.4 Å². The van der Waals surface area contributed by atoms with Gasteiger partial charge in [-0.25, -0.2) is 0 Å². The Hall–Kier alpha value is -1.26. The van der Waals surface area contributed by atoms with Gasteiger partial charge in [-0.15, -0.1) is 0 Å². The Morgan fingerprint density at radius 1 is 1.39 bits per heavy atom. The van der Waals surface area contributed by atoms with E-state index in [0.717, 1.165) is 33.5 Å². The van der Waals surface area contributed by atoms with Crippen molar-refractivity contribution in [2.75, 3.05) is 7.11 Å². The highest BCUT2D eigenvalue weighted by Crippen LogP contribution is 2.27. The summed E-state index contributed by atoms with van der Waals surface area (Å²) in [6.07, 6.45) is 2.45. The molecule has 1 heterocycles. The zero-order valence-electron chi connectivity index (χ0n) is 10.4. The number of furan rings is 1. The van der Waals surface area contributed by atoms with Gasteiger partial charge in [-0.3, -0.25) is 0 Å². The Kier molecular flexibility index (Phi) is 4.09. The third kappa shape index (κ3) is 2.94. The summed E-state index contributed by atoms with van der Waals surface area (Å²) < 4.78 is 11.5. The molecule has 0 aliphatic rings. The number of hydrogen-bond donors (Lipinski definition) is 1. The van der Waals surface area contributed by atoms with Crippen molar-refractivity contribution in [2.45, 2.75) is 19.4 Å². The van der Waals surface area contributed by atoms with E-state index < -0.39 is 0 Å². The van der Waals surface area contributed by atoms with Crippen LogP contribution in [0.15, 0.2) is 39.4 Å². The minimum atomic E-state index is -0.0779. The molecule has 1 atom stereocenters. The molecule has 0 spiro atoms. The highest BCUT2D eigenvalue weighted by atomic mass is 79.9. The minimum absolute atomic E-state index is 0.0779. The van der Waals surface area contributed by atoms with Crippen molar-refractivity contribution < 1.29 is 9.15 Å². The molecule has 2 N–H and O–H groups in total. The second-order valence-corrected chi connectivity index (χ2v) is 5.11. The van der Waals surface area contributed by atoms with Crippen LogP contribution in [0.1, 0.15) is 22.9 Å². The fourth-order valence-corrected chi connectivity index (χ4v) is 2.26. The lowest BCUT2D eigenvalue weighted by Gasteiger charge is -2.12. The molecule has 3 nitrogen and oxygen atoms in total. The first-order valence-corrected chi connectivity index (χ1v) is 6.52. The molecule has 1 aromatic heterocycles. The molecule has 0 aliphatic heterocycles. The molecule has 0 fully saturated rings. The first-order valence-electron chi connectivity index (χ1n) is 5.73. The van der Waals surface area contributed by atoms with Crippen molar-refractivity contribution in [2.24, 2.45) is 5.73 Å². The standard InChI is InChI=1S/C14H16BrNO2/c1-9-5-11(8-18-9)14(16)7-10-6-12(17-2)3-4-13(10)15/h3-6,8,14H,7,16H2,1-2H3. The van der Waals surface area contributed by atoms with E-state index in [4.69, 9.17) is 14.9 Å². The quantitative estimate of drug-likeness (QED) is 0.938. The summed E-state index contributed by atoms with van der Waals surface area (Å²) in [5, 5.41) is 0. The maximum absolute atomic E-state index is 6.18. The molecule has 2 aromatic rings. The first-order chi connectivity index (χ1) is 8.60. The van der Waals surface area contributed by atoms with Gasteiger partial charge in [0.25, 0.3) is 0 Å². The van der Waals surface area contributed by atoms with Gasteiger partial charge in [0, 0.05) is 16.1 Å². The molecule has 0 amide bonds. The van der Waals surface area contributed by atoms with Gasteiger partial charge in [0.2, 0.25) is 0 Å². The van der Waals surface area contributed by atoms with Gasteiger partial charge in [-0.05, 0) is 43.2 Å². The molecule has 0 bridgehead atoms. The molecular weight excluding hydrogens is 294 g/mol. The SMILES string of the molecule is COc1ccc(Br)c(CC(N)c2coc(C)c2)c1. The summed E-state index contributed by atoms with van der Waals surface area (Å²) in [5.74, 6) is 1.72. The van der Waals surface area contributed by atoms with Gasteiger partial charge < -0.3 is 14.9 Å². The first kappa shape index (κ1) is 13.2. The lowest BCUT2D eigenvalue weighted by molar-refractivity contribution is 0.414. The smallest absolute Gasteiger partial charge is 0.119 e. The summed E-state index contributed by atoms with van der Waals surface area (Å²) in [7, 11) is 1.66. The van der Waals surface area contributed by atoms with E-state index in [1.165, 1.54) is 0 Å². The van der Waals surface area contributed by atoms with Crippen molar-refractivity contribution >= 4 is 15.9 Å². The van der Waals surface area contributed by atoms with Gasteiger partial charge in [-0.2, -0.15) is 0 Å². The average molecular weight is 310 g/mol. The van der Waals surface area contributed by atoms with Gasteiger partial charge in [-0.1, -0.05) is 15.9 Å². The maximum Gasteiger partial charge on any atom is 0.119 e. The number of methoxy groups -OCH3 is 1. The Bertz CT molecular complexity index is 536. The predicted molar refractivity (Wildman–Crippen MR) is 74.8 cm³/mol. The highest BCUT2D eigenvalue weighted by molar-refractivity contribution is 9.10. The molecule has 0 saturated carbocycles. The number of rotatable bonds is 4. The third-order valence-corrected chi connectivity index (χ3v) is 3.65. The van der Waals surface area contributed by atoms with Crippen molar-refractivity contribution in [3.05, 3.63) is 51.9 Å². The van der Waals surface area contributed by atoms with Crippen LogP contribution >= 0.6 is 15.9 Å². The van der Waals surface area contributed by atoms with E-state index in [1.807, 2.05) is 31.2 Å². The van der Waals surface area contributed by atoms with Crippen LogP contribution in [-0.2, 0) is 6.42 Å². The van der Waals surface area contributed by atoms with E-state index >= 15 is 0 Å². The lowest BCUT2D eigenvalue weighted by atomic mass is 10.0. The number of aryl methyl sites for hydroxylation is 1. The summed E-state index contributed by atoms with van der Waals surface area (Å²) in [4.78, 5) is 0. The van der Waals surface area contributed by atoms with E-state index in [0.29, 0.717) is 0 Å². The summed E-state index contributed by atoms with van der Waals surface area (Å²) >= 11 is 3.53. The molecular formula is C14H16BrNO2. The van der Waals surface area contributed by atoms with Crippen LogP contribution in [0, 0.1) is 6.92 Å². The van der Waals surface area contributed by atoms with Crippen LogP contribution < -0.4 is 10.5 Å². The molecule has 4 heteroatoms. The Labute approximate surface area is 115 Å². The minimum Gasteiger partial charge on any atom is -0.497 e. The third-order valence-electron chi connectivity index (χ3n) is 2.87. The van der Waals surface area contributed by atoms with Crippen molar-refractivity contribution in [3.63, 3.8) is 0 Å². The number of ether oxygens (including phenoxy) is 1. The molecule has 18 heavy (non-hydrogen) atoms. The monoisotopic (exact) mass is 309 g/mol. The highest BCUT2D eigenvalue weighted by Gasteiger charge is 2.12. The van der Waals surface area contributed by atoms with Gasteiger partial charge in [0.1, 0.15) is 11.5 Å². The molecule has 96 valence electrons. The van der Waals surface area contributed by atoms with Crippen molar-refractivity contribution in [1.82, 2.24) is 0 Å². The molecule has 2 rings (SSSR count). The van der Waals surface area contributed by atoms with E-state index in [-0.39, 0.29) is 6.04 Å². The van der Waals surface area contributed by atoms with E-state index in [9.17, 15) is 0 Å². The maximum atomic E-state index is 6.18. The topological polar surface area (TPSA) is 48.4 Å². The Balaban J connectivity index is 2.18. The average Bonchev–Trinajstić information content (AvgIpc) is 2.79. The zero-order valence-corrected chi connectivity index (χ0v) is 12.0. The zero-order chi connectivity index (χ0) is 13.1. The number of halogens is 1. The Morgan fingerprint density at radius 2 is 2.17 bits per heavy atom. The van der Waals surface area contributed by atoms with E-state index in [2.05, 4.69) is 15.9 Å². The van der Waals surface area contributed by atoms with Crippen LogP contribution in [0.3, 0.4) is 0 Å². The number of hydrogen-bond acceptors (Lipinski definition) is 3. The Morgan fingerprint density at radius 3 is 2.78 bits per heavy atom. The number of nitrogens with two attached hydrogens (primary N) is 1. The van der Waals surface area contributed by atoms with Crippen molar-refractivity contribution in [1.29, 1.82) is 0 Å². The molecule has 1 unspecified atom stereocenters. The largest absolute Gasteiger partial charge is 0.497 e. The fourth-order valence-electron chi connectivity index (χ4n) is 1.85. The van der Waals surface area contributed by atoms with Crippen LogP contribution in [0.4, 0.5) is 0 Å². The molecule has 0 aliphatic carbocycles. The van der Waals surface area contributed by atoms with Crippen molar-refractivity contribution in [3.8, 4) is 5.75 Å². The normalized spacial score (nSPS) is 12.4. The summed E-state index contributed by atoms with van der Waals surface area (Å²) in [6.45, 7) is 1.91. The van der Waals surface area contributed by atoms with Gasteiger partial charge in [0.05, 0.1) is 13.4 Å². The van der Waals surface area contributed by atoms with Gasteiger partial charge >= 0.3 is 0 Å². The predicted octanol–water partition coefficient (Wildman–Crippen LogP) is 3.60. The van der Waals surface area contributed by atoms with Crippen LogP contribution in [0.2, 0.25) is 0 Å². The molecule has 0 saturated heterocycles. The summed E-state index contributed by atoms with van der Waals surface area (Å²) in [5.41, 5.74) is 8.32. The fraction of sp³-hybridized carbons (Fsp3) is 0.286. The lowest BCUT2D eigenvalue weighted by Crippen LogP contribution is -2.12. The number of benzene rings is 1. The second kappa shape index (κ2) is 5.59. The second-order valence-electron chi connectivity index (χ2n) is 4.26. The van der Waals surface area contributed by atoms with Crippen LogP contribution in [-0.4, -0.2) is 7.11 Å². The molecule has 1 aromatic carbocycles. The summed E-state index contributed by atoms with van der Waals surface area (Å²) in [6, 6.07) is 7.78. The van der Waals surface area contributed by atoms with Gasteiger partial charge in [0.15, 0.2) is 0 Å². The van der Waals surface area contributed by atoms with Crippen LogP contribution in [0.25, 0.3) is 0 Å². The molecule has 0 radical (unpaired) electrons.